The molecule has 156 valence electrons. The van der Waals surface area contributed by atoms with Crippen molar-refractivity contribution < 1.29 is 4.79 Å². The Labute approximate surface area is 181 Å². The summed E-state index contributed by atoms with van der Waals surface area (Å²) in [6, 6.07) is 16.7. The Bertz CT molecular complexity index is 1390. The van der Waals surface area contributed by atoms with Crippen LogP contribution in [0.2, 0.25) is 0 Å². The molecule has 0 saturated carbocycles. The number of nitrogens with zero attached hydrogens (tertiary/aromatic N) is 4. The minimum Gasteiger partial charge on any atom is -0.384 e. The van der Waals surface area contributed by atoms with Gasteiger partial charge in [0.1, 0.15) is 22.7 Å². The topological polar surface area (TPSA) is 113 Å². The van der Waals surface area contributed by atoms with Crippen molar-refractivity contribution in [2.75, 3.05) is 11.5 Å². The second-order valence-electron chi connectivity index (χ2n) is 6.89. The van der Waals surface area contributed by atoms with Crippen LogP contribution in [0.1, 0.15) is 15.9 Å². The van der Waals surface area contributed by atoms with Gasteiger partial charge >= 0.3 is 5.69 Å². The molecule has 31 heavy (non-hydrogen) atoms. The molecule has 2 heterocycles. The molecular weight excluding hydrogens is 414 g/mol. The molecular formula is C22H19N5O3S. The number of nitrogens with two attached hydrogens (primary N) is 1. The van der Waals surface area contributed by atoms with E-state index >= 15 is 0 Å². The molecule has 0 aliphatic heterocycles. The first kappa shape index (κ1) is 20.5. The number of carbonyl (C=O) groups is 1. The Balaban J connectivity index is 1.67. The summed E-state index contributed by atoms with van der Waals surface area (Å²) in [6.45, 7) is 0.156. The van der Waals surface area contributed by atoms with E-state index in [0.29, 0.717) is 5.03 Å². The van der Waals surface area contributed by atoms with Crippen molar-refractivity contribution in [3.63, 3.8) is 0 Å². The maximum absolute atomic E-state index is 13.0. The highest BCUT2D eigenvalue weighted by molar-refractivity contribution is 8.00. The molecule has 0 aliphatic rings. The van der Waals surface area contributed by atoms with Crippen LogP contribution >= 0.6 is 11.8 Å². The van der Waals surface area contributed by atoms with Crippen LogP contribution in [0.3, 0.4) is 0 Å². The number of hydrogen-bond donors (Lipinski definition) is 1. The number of carbonyl (C=O) groups excluding carboxylic acids is 1. The summed E-state index contributed by atoms with van der Waals surface area (Å²) in [5, 5.41) is 1.45. The lowest BCUT2D eigenvalue weighted by Crippen LogP contribution is -2.43. The van der Waals surface area contributed by atoms with E-state index in [9.17, 15) is 14.4 Å². The summed E-state index contributed by atoms with van der Waals surface area (Å²) >= 11 is 1.20. The molecule has 0 bridgehead atoms. The molecule has 0 amide bonds. The quantitative estimate of drug-likeness (QED) is 0.281. The monoisotopic (exact) mass is 433 g/mol. The van der Waals surface area contributed by atoms with Crippen molar-refractivity contribution in [3.8, 4) is 0 Å². The van der Waals surface area contributed by atoms with Crippen molar-refractivity contribution in [2.24, 2.45) is 7.05 Å². The summed E-state index contributed by atoms with van der Waals surface area (Å²) < 4.78 is 2.16. The molecule has 4 rings (SSSR count). The molecule has 0 radical (unpaired) electrons. The van der Waals surface area contributed by atoms with Crippen molar-refractivity contribution in [3.05, 3.63) is 92.9 Å². The number of Topliss-reactive ketones (excluding diaryl/α,β-unsaturated/α-hetero) is 1. The molecule has 2 aromatic heterocycles. The van der Waals surface area contributed by atoms with Crippen LogP contribution < -0.4 is 17.0 Å². The van der Waals surface area contributed by atoms with Crippen LogP contribution in [0.25, 0.3) is 10.9 Å². The maximum atomic E-state index is 13.0. The first-order valence-electron chi connectivity index (χ1n) is 9.46. The Kier molecular flexibility index (Phi) is 5.68. The number of anilines is 1. The molecule has 8 nitrogen and oxygen atoms in total. The van der Waals surface area contributed by atoms with E-state index in [4.69, 9.17) is 5.73 Å². The molecule has 2 aromatic carbocycles. The van der Waals surface area contributed by atoms with E-state index in [2.05, 4.69) is 9.97 Å². The standard InChI is InChI=1S/C22H19N5O3S/c1-26-21(29)18(19(23)27(22(26)30)11-14-7-3-2-4-8-14)17(28)12-31-20-15-9-5-6-10-16(15)24-13-25-20/h2-10,13H,11-12,23H2,1H3. The number of ketones is 1. The fraction of sp³-hybridized carbons (Fsp3) is 0.136. The van der Waals surface area contributed by atoms with E-state index in [0.717, 1.165) is 21.0 Å². The van der Waals surface area contributed by atoms with Crippen molar-refractivity contribution in [2.45, 2.75) is 11.6 Å². The number of para-hydroxylation sites is 1. The van der Waals surface area contributed by atoms with E-state index in [1.165, 1.54) is 29.7 Å². The highest BCUT2D eigenvalue weighted by Gasteiger charge is 2.22. The normalized spacial score (nSPS) is 11.0. The predicted octanol–water partition coefficient (Wildman–Crippen LogP) is 2.10. The van der Waals surface area contributed by atoms with Gasteiger partial charge in [-0.25, -0.2) is 14.8 Å². The van der Waals surface area contributed by atoms with Crippen LogP contribution in [-0.2, 0) is 13.6 Å². The molecule has 4 aromatic rings. The molecule has 2 N–H and O–H groups in total. The Morgan fingerprint density at radius 3 is 2.52 bits per heavy atom. The summed E-state index contributed by atoms with van der Waals surface area (Å²) in [7, 11) is 1.34. The number of nitrogen functional groups attached to an aromatic ring is 1. The summed E-state index contributed by atoms with van der Waals surface area (Å²) in [5.74, 6) is -0.646. The largest absolute Gasteiger partial charge is 0.384 e. The van der Waals surface area contributed by atoms with Crippen LogP contribution in [-0.4, -0.2) is 30.6 Å². The van der Waals surface area contributed by atoms with Gasteiger partial charge < -0.3 is 5.73 Å². The summed E-state index contributed by atoms with van der Waals surface area (Å²) in [4.78, 5) is 46.8. The highest BCUT2D eigenvalue weighted by Crippen LogP contribution is 2.25. The van der Waals surface area contributed by atoms with Gasteiger partial charge in [-0.05, 0) is 11.6 Å². The first-order chi connectivity index (χ1) is 15.0. The van der Waals surface area contributed by atoms with Crippen molar-refractivity contribution in [1.82, 2.24) is 19.1 Å². The van der Waals surface area contributed by atoms with Crippen LogP contribution in [0, 0.1) is 0 Å². The number of aromatic nitrogens is 4. The van der Waals surface area contributed by atoms with Gasteiger partial charge in [0.05, 0.1) is 17.8 Å². The summed E-state index contributed by atoms with van der Waals surface area (Å²) in [6.07, 6.45) is 1.43. The summed E-state index contributed by atoms with van der Waals surface area (Å²) in [5.41, 5.74) is 6.28. The molecule has 0 fully saturated rings. The highest BCUT2D eigenvalue weighted by atomic mass is 32.2. The molecule has 0 atom stereocenters. The number of thioether (sulfide) groups is 1. The average Bonchev–Trinajstić information content (AvgIpc) is 2.80. The third-order valence-electron chi connectivity index (χ3n) is 4.89. The lowest BCUT2D eigenvalue weighted by atomic mass is 10.2. The Morgan fingerprint density at radius 2 is 1.74 bits per heavy atom. The van der Waals surface area contributed by atoms with Crippen LogP contribution in [0.15, 0.2) is 75.5 Å². The number of benzene rings is 2. The van der Waals surface area contributed by atoms with Crippen LogP contribution in [0.5, 0.6) is 0 Å². The average molecular weight is 433 g/mol. The van der Waals surface area contributed by atoms with E-state index < -0.39 is 17.0 Å². The van der Waals surface area contributed by atoms with Gasteiger partial charge in [-0.1, -0.05) is 60.3 Å². The number of rotatable bonds is 6. The molecule has 0 unspecified atom stereocenters. The zero-order chi connectivity index (χ0) is 22.0. The maximum Gasteiger partial charge on any atom is 0.332 e. The minimum absolute atomic E-state index is 0.0516. The Morgan fingerprint density at radius 1 is 1.03 bits per heavy atom. The number of fused-ring (bicyclic) bond motifs is 1. The fourth-order valence-corrected chi connectivity index (χ4v) is 4.13. The minimum atomic E-state index is -0.704. The molecule has 9 heteroatoms. The molecule has 0 saturated heterocycles. The fourth-order valence-electron chi connectivity index (χ4n) is 3.27. The smallest absolute Gasteiger partial charge is 0.332 e. The zero-order valence-corrected chi connectivity index (χ0v) is 17.5. The van der Waals surface area contributed by atoms with Crippen LogP contribution in [0.4, 0.5) is 5.82 Å². The van der Waals surface area contributed by atoms with Crippen molar-refractivity contribution >= 4 is 34.3 Å². The third-order valence-corrected chi connectivity index (χ3v) is 5.90. The molecule has 0 aliphatic carbocycles. The van der Waals surface area contributed by atoms with Gasteiger partial charge in [-0.15, -0.1) is 0 Å². The predicted molar refractivity (Wildman–Crippen MR) is 120 cm³/mol. The van der Waals surface area contributed by atoms with Gasteiger partial charge in [0.2, 0.25) is 0 Å². The van der Waals surface area contributed by atoms with E-state index in [1.807, 2.05) is 54.6 Å². The second kappa shape index (κ2) is 8.57. The third kappa shape index (κ3) is 3.99. The number of hydrogen-bond acceptors (Lipinski definition) is 7. The lowest BCUT2D eigenvalue weighted by Gasteiger charge is -2.14. The second-order valence-corrected chi connectivity index (χ2v) is 7.85. The zero-order valence-electron chi connectivity index (χ0n) is 16.7. The van der Waals surface area contributed by atoms with Gasteiger partial charge in [0.15, 0.2) is 5.78 Å². The SMILES string of the molecule is Cn1c(=O)c(C(=O)CSc2ncnc3ccccc23)c(N)n(Cc2ccccc2)c1=O. The van der Waals surface area contributed by atoms with Gasteiger partial charge in [0, 0.05) is 12.4 Å². The van der Waals surface area contributed by atoms with Gasteiger partial charge in [-0.3, -0.25) is 18.7 Å². The Hall–Kier alpha value is -3.72. The van der Waals surface area contributed by atoms with E-state index in [-0.39, 0.29) is 23.7 Å². The van der Waals surface area contributed by atoms with Gasteiger partial charge in [-0.2, -0.15) is 0 Å². The van der Waals surface area contributed by atoms with E-state index in [1.54, 1.807) is 0 Å². The molecule has 0 spiro atoms. The van der Waals surface area contributed by atoms with Crippen molar-refractivity contribution in [1.29, 1.82) is 0 Å². The first-order valence-corrected chi connectivity index (χ1v) is 10.4. The van der Waals surface area contributed by atoms with Gasteiger partial charge in [0.25, 0.3) is 5.56 Å². The lowest BCUT2D eigenvalue weighted by molar-refractivity contribution is 0.102.